The maximum Gasteiger partial charge on any atom is 0.251 e. The SMILES string of the molecule is Cc1ccc(C(=O)NCCC2=CCCCC2)cc1-n1cnc2cccnc21. The van der Waals surface area contributed by atoms with Gasteiger partial charge >= 0.3 is 0 Å². The van der Waals surface area contributed by atoms with Gasteiger partial charge in [-0.05, 0) is 68.9 Å². The molecule has 0 fully saturated rings. The molecule has 0 radical (unpaired) electrons. The summed E-state index contributed by atoms with van der Waals surface area (Å²) in [6.07, 6.45) is 11.7. The third-order valence-corrected chi connectivity index (χ3v) is 5.15. The number of pyridine rings is 1. The van der Waals surface area contributed by atoms with E-state index in [1.54, 1.807) is 12.5 Å². The van der Waals surface area contributed by atoms with E-state index in [9.17, 15) is 4.79 Å². The lowest BCUT2D eigenvalue weighted by Crippen LogP contribution is -2.25. The van der Waals surface area contributed by atoms with Crippen LogP contribution < -0.4 is 5.32 Å². The van der Waals surface area contributed by atoms with Gasteiger partial charge in [-0.2, -0.15) is 0 Å². The van der Waals surface area contributed by atoms with Crippen LogP contribution in [-0.2, 0) is 0 Å². The van der Waals surface area contributed by atoms with Crippen LogP contribution >= 0.6 is 0 Å². The third kappa shape index (κ3) is 3.77. The zero-order chi connectivity index (χ0) is 18.6. The monoisotopic (exact) mass is 360 g/mol. The fraction of sp³-hybridized carbons (Fsp3) is 0.318. The van der Waals surface area contributed by atoms with Crippen molar-refractivity contribution in [1.29, 1.82) is 0 Å². The first-order valence-electron chi connectivity index (χ1n) is 9.57. The number of imidazole rings is 1. The van der Waals surface area contributed by atoms with Crippen LogP contribution in [0.5, 0.6) is 0 Å². The number of nitrogens with one attached hydrogen (secondary N) is 1. The first-order valence-corrected chi connectivity index (χ1v) is 9.57. The zero-order valence-corrected chi connectivity index (χ0v) is 15.6. The number of allylic oxidation sites excluding steroid dienone is 1. The smallest absolute Gasteiger partial charge is 0.251 e. The van der Waals surface area contributed by atoms with Gasteiger partial charge in [0.15, 0.2) is 5.65 Å². The number of hydrogen-bond donors (Lipinski definition) is 1. The van der Waals surface area contributed by atoms with Crippen LogP contribution in [-0.4, -0.2) is 27.0 Å². The number of carbonyl (C=O) groups excluding carboxylic acids is 1. The van der Waals surface area contributed by atoms with Crippen molar-refractivity contribution in [3.8, 4) is 5.69 Å². The minimum atomic E-state index is -0.0370. The Kier molecular flexibility index (Phi) is 5.01. The summed E-state index contributed by atoms with van der Waals surface area (Å²) < 4.78 is 1.94. The highest BCUT2D eigenvalue weighted by Gasteiger charge is 2.12. The minimum absolute atomic E-state index is 0.0370. The van der Waals surface area contributed by atoms with Crippen molar-refractivity contribution in [2.75, 3.05) is 6.54 Å². The van der Waals surface area contributed by atoms with Gasteiger partial charge in [0, 0.05) is 18.3 Å². The van der Waals surface area contributed by atoms with E-state index in [1.807, 2.05) is 41.8 Å². The molecule has 1 aliphatic rings. The molecule has 1 N–H and O–H groups in total. The normalized spacial score (nSPS) is 14.2. The Morgan fingerprint density at radius 2 is 2.15 bits per heavy atom. The van der Waals surface area contributed by atoms with E-state index in [0.717, 1.165) is 28.8 Å². The van der Waals surface area contributed by atoms with Crippen LogP contribution in [0.2, 0.25) is 0 Å². The molecule has 0 atom stereocenters. The molecule has 0 aliphatic heterocycles. The van der Waals surface area contributed by atoms with Gasteiger partial charge in [0.25, 0.3) is 5.91 Å². The molecule has 0 saturated carbocycles. The van der Waals surface area contributed by atoms with Gasteiger partial charge in [-0.25, -0.2) is 9.97 Å². The predicted molar refractivity (Wildman–Crippen MR) is 107 cm³/mol. The van der Waals surface area contributed by atoms with Crippen LogP contribution in [0.3, 0.4) is 0 Å². The van der Waals surface area contributed by atoms with Crippen molar-refractivity contribution in [3.63, 3.8) is 0 Å². The van der Waals surface area contributed by atoms with Gasteiger partial charge in [0.1, 0.15) is 11.8 Å². The second kappa shape index (κ2) is 7.74. The predicted octanol–water partition coefficient (Wildman–Crippen LogP) is 4.35. The minimum Gasteiger partial charge on any atom is -0.352 e. The third-order valence-electron chi connectivity index (χ3n) is 5.15. The number of fused-ring (bicyclic) bond motifs is 1. The molecule has 0 saturated heterocycles. The number of rotatable bonds is 5. The quantitative estimate of drug-likeness (QED) is 0.688. The van der Waals surface area contributed by atoms with E-state index in [4.69, 9.17) is 0 Å². The van der Waals surface area contributed by atoms with Gasteiger partial charge in [-0.3, -0.25) is 9.36 Å². The summed E-state index contributed by atoms with van der Waals surface area (Å²) in [4.78, 5) is 21.4. The van der Waals surface area contributed by atoms with Gasteiger partial charge in [-0.1, -0.05) is 17.7 Å². The molecule has 3 aromatic rings. The molecule has 4 rings (SSSR count). The average molecular weight is 360 g/mol. The highest BCUT2D eigenvalue weighted by atomic mass is 16.1. The summed E-state index contributed by atoms with van der Waals surface area (Å²) in [7, 11) is 0. The van der Waals surface area contributed by atoms with Crippen molar-refractivity contribution in [2.24, 2.45) is 0 Å². The van der Waals surface area contributed by atoms with Crippen LogP contribution in [0.25, 0.3) is 16.9 Å². The summed E-state index contributed by atoms with van der Waals surface area (Å²) >= 11 is 0. The van der Waals surface area contributed by atoms with Crippen molar-refractivity contribution in [1.82, 2.24) is 19.9 Å². The summed E-state index contributed by atoms with van der Waals surface area (Å²) in [5, 5.41) is 3.06. The number of amides is 1. The average Bonchev–Trinajstić information content (AvgIpc) is 3.13. The van der Waals surface area contributed by atoms with E-state index >= 15 is 0 Å². The molecule has 2 aromatic heterocycles. The van der Waals surface area contributed by atoms with Crippen molar-refractivity contribution in [2.45, 2.75) is 39.0 Å². The van der Waals surface area contributed by atoms with Gasteiger partial charge in [0.2, 0.25) is 0 Å². The first kappa shape index (κ1) is 17.5. The topological polar surface area (TPSA) is 59.8 Å². The molecule has 1 aliphatic carbocycles. The van der Waals surface area contributed by atoms with Crippen molar-refractivity contribution >= 4 is 17.1 Å². The highest BCUT2D eigenvalue weighted by molar-refractivity contribution is 5.95. The van der Waals surface area contributed by atoms with Crippen LogP contribution in [0.15, 0.2) is 54.5 Å². The largest absolute Gasteiger partial charge is 0.352 e. The fourth-order valence-electron chi connectivity index (χ4n) is 3.61. The molecule has 1 aromatic carbocycles. The lowest BCUT2D eigenvalue weighted by atomic mass is 9.97. The molecule has 5 heteroatoms. The van der Waals surface area contributed by atoms with E-state index in [0.29, 0.717) is 12.1 Å². The van der Waals surface area contributed by atoms with Gasteiger partial charge in [-0.15, -0.1) is 0 Å². The Balaban J connectivity index is 1.51. The maximum absolute atomic E-state index is 12.6. The lowest BCUT2D eigenvalue weighted by Gasteiger charge is -2.14. The van der Waals surface area contributed by atoms with Crippen LogP contribution in [0.4, 0.5) is 0 Å². The van der Waals surface area contributed by atoms with E-state index in [2.05, 4.69) is 21.4 Å². The second-order valence-corrected chi connectivity index (χ2v) is 7.08. The molecular formula is C22H24N4O. The molecular weight excluding hydrogens is 336 g/mol. The fourth-order valence-corrected chi connectivity index (χ4v) is 3.61. The van der Waals surface area contributed by atoms with E-state index in [1.165, 1.54) is 31.3 Å². The molecule has 1 amide bonds. The number of hydrogen-bond acceptors (Lipinski definition) is 3. The Hall–Kier alpha value is -2.95. The first-order chi connectivity index (χ1) is 13.2. The van der Waals surface area contributed by atoms with E-state index < -0.39 is 0 Å². The van der Waals surface area contributed by atoms with Crippen molar-refractivity contribution in [3.05, 3.63) is 65.6 Å². The molecule has 0 bridgehead atoms. The lowest BCUT2D eigenvalue weighted by molar-refractivity contribution is 0.0954. The molecule has 27 heavy (non-hydrogen) atoms. The molecule has 138 valence electrons. The number of aromatic nitrogens is 3. The highest BCUT2D eigenvalue weighted by Crippen LogP contribution is 2.21. The molecule has 0 spiro atoms. The zero-order valence-electron chi connectivity index (χ0n) is 15.6. The number of carbonyl (C=O) groups is 1. The molecule has 2 heterocycles. The Labute approximate surface area is 159 Å². The summed E-state index contributed by atoms with van der Waals surface area (Å²) in [6.45, 7) is 2.71. The van der Waals surface area contributed by atoms with Crippen LogP contribution in [0.1, 0.15) is 48.0 Å². The Morgan fingerprint density at radius 3 is 3.00 bits per heavy atom. The standard InChI is InChI=1S/C22H24N4O/c1-16-9-10-18(22(27)24-13-11-17-6-3-2-4-7-17)14-20(16)26-15-25-19-8-5-12-23-21(19)26/h5-6,8-10,12,14-15H,2-4,7,11,13H2,1H3,(H,24,27). The van der Waals surface area contributed by atoms with Crippen molar-refractivity contribution < 1.29 is 4.79 Å². The number of benzene rings is 1. The number of nitrogens with zero attached hydrogens (tertiary/aromatic N) is 3. The second-order valence-electron chi connectivity index (χ2n) is 7.08. The van der Waals surface area contributed by atoms with Crippen LogP contribution in [0, 0.1) is 6.92 Å². The molecule has 5 nitrogen and oxygen atoms in total. The number of aryl methyl sites for hydroxylation is 1. The van der Waals surface area contributed by atoms with Gasteiger partial charge < -0.3 is 5.32 Å². The molecule has 0 unspecified atom stereocenters. The Bertz CT molecular complexity index is 1000. The summed E-state index contributed by atoms with van der Waals surface area (Å²) in [5.41, 5.74) is 5.77. The summed E-state index contributed by atoms with van der Waals surface area (Å²) in [6, 6.07) is 9.58. The summed E-state index contributed by atoms with van der Waals surface area (Å²) in [5.74, 6) is -0.0370. The van der Waals surface area contributed by atoms with Gasteiger partial charge in [0.05, 0.1) is 5.69 Å². The van der Waals surface area contributed by atoms with E-state index in [-0.39, 0.29) is 5.91 Å². The Morgan fingerprint density at radius 1 is 1.22 bits per heavy atom. The maximum atomic E-state index is 12.6.